The Morgan fingerprint density at radius 3 is 2.42 bits per heavy atom. The van der Waals surface area contributed by atoms with Gasteiger partial charge in [-0.2, -0.15) is 5.26 Å². The molecule has 0 aromatic heterocycles. The number of methoxy groups -OCH3 is 1. The second-order valence-corrected chi connectivity index (χ2v) is 6.14. The molecule has 0 radical (unpaired) electrons. The molecule has 0 bridgehead atoms. The Kier molecular flexibility index (Phi) is 5.89. The van der Waals surface area contributed by atoms with E-state index in [0.717, 1.165) is 16.7 Å². The van der Waals surface area contributed by atoms with Gasteiger partial charge in [-0.3, -0.25) is 0 Å². The van der Waals surface area contributed by atoms with Gasteiger partial charge in [0.2, 0.25) is 0 Å². The molecule has 4 heteroatoms. The number of rotatable bonds is 5. The average molecular weight is 342 g/mol. The zero-order chi connectivity index (χ0) is 17.7. The SMILES string of the molecule is COc1cc(/C=C(/C#N)c2ccc(C)cc2)cc(Cl)c1OC(C)C. The van der Waals surface area contributed by atoms with Crippen LogP contribution in [0.2, 0.25) is 5.02 Å². The van der Waals surface area contributed by atoms with Crippen molar-refractivity contribution < 1.29 is 9.47 Å². The fraction of sp³-hybridized carbons (Fsp3) is 0.250. The molecule has 0 atom stereocenters. The molecule has 0 aliphatic heterocycles. The summed E-state index contributed by atoms with van der Waals surface area (Å²) in [7, 11) is 1.57. The van der Waals surface area contributed by atoms with Crippen LogP contribution >= 0.6 is 11.6 Å². The minimum absolute atomic E-state index is 0.0139. The summed E-state index contributed by atoms with van der Waals surface area (Å²) in [4.78, 5) is 0. The van der Waals surface area contributed by atoms with Crippen LogP contribution in [0.25, 0.3) is 11.6 Å². The number of aryl methyl sites for hydroxylation is 1. The number of hydrogen-bond donors (Lipinski definition) is 0. The summed E-state index contributed by atoms with van der Waals surface area (Å²) in [5.74, 6) is 1.06. The van der Waals surface area contributed by atoms with E-state index in [4.69, 9.17) is 21.1 Å². The van der Waals surface area contributed by atoms with Crippen molar-refractivity contribution in [2.24, 2.45) is 0 Å². The van der Waals surface area contributed by atoms with Gasteiger partial charge in [0, 0.05) is 0 Å². The normalized spacial score (nSPS) is 11.3. The zero-order valence-electron chi connectivity index (χ0n) is 14.3. The Balaban J connectivity index is 2.46. The first-order chi connectivity index (χ1) is 11.4. The van der Waals surface area contributed by atoms with E-state index in [1.54, 1.807) is 19.3 Å². The Bertz CT molecular complexity index is 787. The van der Waals surface area contributed by atoms with Crippen molar-refractivity contribution in [1.29, 1.82) is 5.26 Å². The van der Waals surface area contributed by atoms with E-state index in [2.05, 4.69) is 6.07 Å². The van der Waals surface area contributed by atoms with Gasteiger partial charge >= 0.3 is 0 Å². The van der Waals surface area contributed by atoms with Gasteiger partial charge in [-0.1, -0.05) is 41.4 Å². The van der Waals surface area contributed by atoms with Gasteiger partial charge in [0.05, 0.1) is 29.9 Å². The fourth-order valence-electron chi connectivity index (χ4n) is 2.25. The molecule has 0 aliphatic rings. The van der Waals surface area contributed by atoms with Crippen LogP contribution in [0.4, 0.5) is 0 Å². The maximum Gasteiger partial charge on any atom is 0.180 e. The third-order valence-corrected chi connectivity index (χ3v) is 3.68. The Hall–Kier alpha value is -2.44. The second-order valence-electron chi connectivity index (χ2n) is 5.74. The minimum Gasteiger partial charge on any atom is -0.493 e. The molecule has 0 saturated carbocycles. The van der Waals surface area contributed by atoms with Crippen molar-refractivity contribution in [2.45, 2.75) is 26.9 Å². The molecule has 2 aromatic rings. The number of allylic oxidation sites excluding steroid dienone is 1. The van der Waals surface area contributed by atoms with Crippen molar-refractivity contribution in [2.75, 3.05) is 7.11 Å². The summed E-state index contributed by atoms with van der Waals surface area (Å²) in [6.07, 6.45) is 1.78. The molecule has 0 N–H and O–H groups in total. The smallest absolute Gasteiger partial charge is 0.180 e. The van der Waals surface area contributed by atoms with Crippen LogP contribution in [-0.4, -0.2) is 13.2 Å². The second kappa shape index (κ2) is 7.90. The maximum atomic E-state index is 9.47. The molecular formula is C20H20ClNO2. The highest BCUT2D eigenvalue weighted by Crippen LogP contribution is 2.38. The van der Waals surface area contributed by atoms with E-state index in [1.165, 1.54) is 0 Å². The molecular weight excluding hydrogens is 322 g/mol. The first kappa shape index (κ1) is 17.9. The third-order valence-electron chi connectivity index (χ3n) is 3.40. The first-order valence-corrected chi connectivity index (χ1v) is 8.05. The van der Waals surface area contributed by atoms with Gasteiger partial charge in [-0.05, 0) is 50.1 Å². The molecule has 0 unspecified atom stereocenters. The number of benzene rings is 2. The van der Waals surface area contributed by atoms with E-state index in [9.17, 15) is 5.26 Å². The largest absolute Gasteiger partial charge is 0.493 e. The van der Waals surface area contributed by atoms with Crippen molar-refractivity contribution in [3.8, 4) is 17.6 Å². The summed E-state index contributed by atoms with van der Waals surface area (Å²) in [5.41, 5.74) is 3.35. The van der Waals surface area contributed by atoms with Crippen molar-refractivity contribution in [3.05, 3.63) is 58.1 Å². The number of ether oxygens (including phenoxy) is 2. The molecule has 0 spiro atoms. The Morgan fingerprint density at radius 2 is 1.88 bits per heavy atom. The van der Waals surface area contributed by atoms with Gasteiger partial charge in [0.25, 0.3) is 0 Å². The lowest BCUT2D eigenvalue weighted by Crippen LogP contribution is -2.07. The van der Waals surface area contributed by atoms with Crippen LogP contribution in [0.3, 0.4) is 0 Å². The predicted molar refractivity (Wildman–Crippen MR) is 98.4 cm³/mol. The van der Waals surface area contributed by atoms with Gasteiger partial charge in [0.15, 0.2) is 11.5 Å². The molecule has 3 nitrogen and oxygen atoms in total. The van der Waals surface area contributed by atoms with E-state index in [1.807, 2.05) is 51.1 Å². The van der Waals surface area contributed by atoms with Gasteiger partial charge in [0.1, 0.15) is 0 Å². The van der Waals surface area contributed by atoms with Crippen molar-refractivity contribution >= 4 is 23.3 Å². The third kappa shape index (κ3) is 4.31. The standard InChI is InChI=1S/C20H20ClNO2/c1-13(2)24-20-18(21)10-15(11-19(20)23-4)9-17(12-22)16-7-5-14(3)6-8-16/h5-11,13H,1-4H3/b17-9-. The summed E-state index contributed by atoms with van der Waals surface area (Å²) >= 11 is 6.33. The molecule has 0 fully saturated rings. The number of nitriles is 1. The van der Waals surface area contributed by atoms with E-state index in [0.29, 0.717) is 22.1 Å². The van der Waals surface area contributed by atoms with Crippen LogP contribution in [0.1, 0.15) is 30.5 Å². The Labute approximate surface area is 148 Å². The lowest BCUT2D eigenvalue weighted by molar-refractivity contribution is 0.230. The lowest BCUT2D eigenvalue weighted by atomic mass is 10.0. The van der Waals surface area contributed by atoms with E-state index >= 15 is 0 Å². The number of hydrogen-bond acceptors (Lipinski definition) is 3. The molecule has 0 saturated heterocycles. The quantitative estimate of drug-likeness (QED) is 0.532. The maximum absolute atomic E-state index is 9.47. The number of halogens is 1. The summed E-state index contributed by atoms with van der Waals surface area (Å²) < 4.78 is 11.1. The minimum atomic E-state index is -0.0139. The molecule has 2 rings (SSSR count). The van der Waals surface area contributed by atoms with Crippen molar-refractivity contribution in [1.82, 2.24) is 0 Å². The van der Waals surface area contributed by atoms with Crippen LogP contribution in [0.15, 0.2) is 36.4 Å². The highest BCUT2D eigenvalue weighted by Gasteiger charge is 2.13. The monoisotopic (exact) mass is 341 g/mol. The van der Waals surface area contributed by atoms with E-state index < -0.39 is 0 Å². The average Bonchev–Trinajstić information content (AvgIpc) is 2.55. The molecule has 2 aromatic carbocycles. The van der Waals surface area contributed by atoms with Crippen LogP contribution in [0.5, 0.6) is 11.5 Å². The fourth-order valence-corrected chi connectivity index (χ4v) is 2.52. The lowest BCUT2D eigenvalue weighted by Gasteiger charge is -2.15. The highest BCUT2D eigenvalue weighted by molar-refractivity contribution is 6.32. The first-order valence-electron chi connectivity index (χ1n) is 7.67. The van der Waals surface area contributed by atoms with E-state index in [-0.39, 0.29) is 6.10 Å². The summed E-state index contributed by atoms with van der Waals surface area (Å²) in [6, 6.07) is 13.6. The molecule has 124 valence electrons. The van der Waals surface area contributed by atoms with Gasteiger partial charge in [-0.15, -0.1) is 0 Å². The molecule has 0 aliphatic carbocycles. The van der Waals surface area contributed by atoms with Crippen LogP contribution in [0, 0.1) is 18.3 Å². The molecule has 24 heavy (non-hydrogen) atoms. The van der Waals surface area contributed by atoms with Gasteiger partial charge in [-0.25, -0.2) is 0 Å². The summed E-state index contributed by atoms with van der Waals surface area (Å²) in [5, 5.41) is 9.93. The molecule has 0 amide bonds. The van der Waals surface area contributed by atoms with Crippen LogP contribution in [-0.2, 0) is 0 Å². The topological polar surface area (TPSA) is 42.2 Å². The predicted octanol–water partition coefficient (Wildman–Crippen LogP) is 5.51. The Morgan fingerprint density at radius 1 is 1.21 bits per heavy atom. The highest BCUT2D eigenvalue weighted by atomic mass is 35.5. The van der Waals surface area contributed by atoms with Crippen molar-refractivity contribution in [3.63, 3.8) is 0 Å². The summed E-state index contributed by atoms with van der Waals surface area (Å²) in [6.45, 7) is 5.86. The molecule has 0 heterocycles. The van der Waals surface area contributed by atoms with Gasteiger partial charge < -0.3 is 9.47 Å². The number of nitrogens with zero attached hydrogens (tertiary/aromatic N) is 1. The van der Waals surface area contributed by atoms with Crippen LogP contribution < -0.4 is 9.47 Å². The zero-order valence-corrected chi connectivity index (χ0v) is 15.0.